The number of fused-ring (bicyclic) bond motifs is 1. The van der Waals surface area contributed by atoms with Gasteiger partial charge < -0.3 is 0 Å². The molecule has 0 amide bonds. The Morgan fingerprint density at radius 1 is 1.58 bits per heavy atom. The van der Waals surface area contributed by atoms with Gasteiger partial charge in [0.1, 0.15) is 0 Å². The van der Waals surface area contributed by atoms with Gasteiger partial charge in [-0.25, -0.2) is 9.50 Å². The first-order valence-electron chi connectivity index (χ1n) is 3.84. The molecule has 0 spiro atoms. The van der Waals surface area contributed by atoms with Gasteiger partial charge in [0.25, 0.3) is 0 Å². The van der Waals surface area contributed by atoms with Crippen molar-refractivity contribution in [2.24, 2.45) is 0 Å². The molecule has 2 aromatic rings. The molecule has 1 aliphatic rings. The van der Waals surface area contributed by atoms with Gasteiger partial charge in [-0.15, -0.1) is 5.10 Å². The molecule has 1 saturated carbocycles. The Labute approximate surface area is 81.6 Å². The molecule has 0 aromatic carbocycles. The monoisotopic (exact) mass is 243 g/mol. The Morgan fingerprint density at radius 3 is 3.08 bits per heavy atom. The summed E-state index contributed by atoms with van der Waals surface area (Å²) in [6.07, 6.45) is 4.63. The first-order chi connectivity index (χ1) is 5.83. The first-order valence-corrected chi connectivity index (χ1v) is 5.45. The average molecular weight is 244 g/mol. The summed E-state index contributed by atoms with van der Waals surface area (Å²) in [7, 11) is 0. The van der Waals surface area contributed by atoms with Gasteiger partial charge >= 0.3 is 0 Å². The Balaban J connectivity index is 2.18. The lowest BCUT2D eigenvalue weighted by Gasteiger charge is -1.82. The number of aromatic nitrogens is 3. The molecule has 0 saturated heterocycles. The van der Waals surface area contributed by atoms with E-state index < -0.39 is 0 Å². The Bertz CT molecular complexity index is 397. The van der Waals surface area contributed by atoms with Crippen molar-refractivity contribution < 1.29 is 0 Å². The van der Waals surface area contributed by atoms with E-state index >= 15 is 0 Å². The summed E-state index contributed by atoms with van der Waals surface area (Å²) in [5, 5.41) is 4.23. The lowest BCUT2D eigenvalue weighted by atomic mass is 10.3. The van der Waals surface area contributed by atoms with Crippen molar-refractivity contribution in [3.8, 4) is 0 Å². The van der Waals surface area contributed by atoms with Crippen LogP contribution < -0.4 is 0 Å². The second kappa shape index (κ2) is 2.29. The topological polar surface area (TPSA) is 30.2 Å². The lowest BCUT2D eigenvalue weighted by molar-refractivity contribution is 0.948. The molecule has 3 rings (SSSR count). The zero-order chi connectivity index (χ0) is 8.13. The summed E-state index contributed by atoms with van der Waals surface area (Å²) < 4.78 is 2.75. The normalized spacial score (nSPS) is 17.4. The van der Waals surface area contributed by atoms with Gasteiger partial charge in [-0.3, -0.25) is 0 Å². The molecule has 2 heterocycles. The van der Waals surface area contributed by atoms with Crippen molar-refractivity contribution in [1.29, 1.82) is 0 Å². The van der Waals surface area contributed by atoms with E-state index in [1.807, 2.05) is 10.7 Å². The zero-order valence-corrected chi connectivity index (χ0v) is 8.60. The smallest absolute Gasteiger partial charge is 0.213 e. The highest BCUT2D eigenvalue weighted by atomic mass is 79.9. The SMILES string of the molecule is Brc1nn2cc(C3CC3)nc2s1. The predicted molar refractivity (Wildman–Crippen MR) is 50.5 cm³/mol. The molecular weight excluding hydrogens is 238 g/mol. The molecule has 0 bridgehead atoms. The van der Waals surface area contributed by atoms with Crippen LogP contribution in [-0.2, 0) is 0 Å². The molecule has 3 nitrogen and oxygen atoms in total. The third-order valence-corrected chi connectivity index (χ3v) is 3.39. The number of hydrogen-bond donors (Lipinski definition) is 0. The van der Waals surface area contributed by atoms with E-state index in [1.165, 1.54) is 18.5 Å². The third-order valence-electron chi connectivity index (χ3n) is 2.03. The van der Waals surface area contributed by atoms with Crippen molar-refractivity contribution in [2.45, 2.75) is 18.8 Å². The van der Waals surface area contributed by atoms with Crippen molar-refractivity contribution in [3.05, 3.63) is 15.8 Å². The summed E-state index contributed by atoms with van der Waals surface area (Å²) in [4.78, 5) is 5.47. The highest BCUT2D eigenvalue weighted by Gasteiger charge is 2.26. The zero-order valence-electron chi connectivity index (χ0n) is 6.20. The molecule has 2 aromatic heterocycles. The van der Waals surface area contributed by atoms with Crippen LogP contribution in [0.25, 0.3) is 4.96 Å². The number of rotatable bonds is 1. The van der Waals surface area contributed by atoms with E-state index in [0.29, 0.717) is 0 Å². The van der Waals surface area contributed by atoms with Crippen LogP contribution in [0.2, 0.25) is 0 Å². The minimum absolute atomic E-state index is 0.720. The average Bonchev–Trinajstić information content (AvgIpc) is 2.69. The van der Waals surface area contributed by atoms with Crippen LogP contribution in [0.5, 0.6) is 0 Å². The lowest BCUT2D eigenvalue weighted by Crippen LogP contribution is -1.79. The summed E-state index contributed by atoms with van der Waals surface area (Å²) in [6.45, 7) is 0. The minimum atomic E-state index is 0.720. The molecule has 0 unspecified atom stereocenters. The second-order valence-electron chi connectivity index (χ2n) is 3.02. The summed E-state index contributed by atoms with van der Waals surface area (Å²) in [5.41, 5.74) is 1.21. The van der Waals surface area contributed by atoms with Gasteiger partial charge in [-0.05, 0) is 28.8 Å². The Morgan fingerprint density at radius 2 is 2.42 bits per heavy atom. The van der Waals surface area contributed by atoms with Crippen LogP contribution in [0.1, 0.15) is 24.5 Å². The fourth-order valence-electron chi connectivity index (χ4n) is 1.27. The molecule has 62 valence electrons. The van der Waals surface area contributed by atoms with E-state index in [1.54, 1.807) is 11.3 Å². The molecule has 1 aliphatic carbocycles. The van der Waals surface area contributed by atoms with Gasteiger partial charge in [0.2, 0.25) is 4.96 Å². The fraction of sp³-hybridized carbons (Fsp3) is 0.429. The van der Waals surface area contributed by atoms with Crippen molar-refractivity contribution in [2.75, 3.05) is 0 Å². The van der Waals surface area contributed by atoms with Gasteiger partial charge in [-0.1, -0.05) is 11.3 Å². The van der Waals surface area contributed by atoms with Gasteiger partial charge in [-0.2, -0.15) is 0 Å². The maximum absolute atomic E-state index is 4.48. The summed E-state index contributed by atoms with van der Waals surface area (Å²) in [6, 6.07) is 0. The number of imidazole rings is 1. The van der Waals surface area contributed by atoms with Gasteiger partial charge in [0.15, 0.2) is 3.92 Å². The number of halogens is 1. The minimum Gasteiger partial charge on any atom is -0.222 e. The van der Waals surface area contributed by atoms with Gasteiger partial charge in [0.05, 0.1) is 11.9 Å². The largest absolute Gasteiger partial charge is 0.222 e. The number of nitrogens with zero attached hydrogens (tertiary/aromatic N) is 3. The van der Waals surface area contributed by atoms with E-state index in [9.17, 15) is 0 Å². The summed E-state index contributed by atoms with van der Waals surface area (Å²) in [5.74, 6) is 0.720. The standard InChI is InChI=1S/C7H6BrN3S/c8-6-10-11-3-5(4-1-2-4)9-7(11)12-6/h3-4H,1-2H2. The maximum atomic E-state index is 4.48. The second-order valence-corrected chi connectivity index (χ2v) is 5.25. The molecule has 0 atom stereocenters. The van der Waals surface area contributed by atoms with Crippen LogP contribution in [-0.4, -0.2) is 14.6 Å². The van der Waals surface area contributed by atoms with Crippen molar-refractivity contribution in [1.82, 2.24) is 14.6 Å². The van der Waals surface area contributed by atoms with E-state index in [4.69, 9.17) is 0 Å². The third kappa shape index (κ3) is 0.998. The molecule has 0 aliphatic heterocycles. The molecule has 1 fully saturated rings. The van der Waals surface area contributed by atoms with Crippen LogP contribution in [0, 0.1) is 0 Å². The molecule has 0 N–H and O–H groups in total. The van der Waals surface area contributed by atoms with Crippen molar-refractivity contribution in [3.63, 3.8) is 0 Å². The highest BCUT2D eigenvalue weighted by molar-refractivity contribution is 9.11. The number of hydrogen-bond acceptors (Lipinski definition) is 3. The van der Waals surface area contributed by atoms with E-state index in [0.717, 1.165) is 14.8 Å². The van der Waals surface area contributed by atoms with E-state index in [2.05, 4.69) is 26.0 Å². The molecule has 12 heavy (non-hydrogen) atoms. The highest BCUT2D eigenvalue weighted by Crippen LogP contribution is 2.39. The Kier molecular flexibility index (Phi) is 1.34. The predicted octanol–water partition coefficient (Wildman–Crippen LogP) is 2.43. The maximum Gasteiger partial charge on any atom is 0.213 e. The fourth-order valence-corrected chi connectivity index (χ4v) is 2.49. The van der Waals surface area contributed by atoms with Crippen LogP contribution in [0.15, 0.2) is 10.1 Å². The van der Waals surface area contributed by atoms with E-state index in [-0.39, 0.29) is 0 Å². The Hall–Kier alpha value is -0.420. The van der Waals surface area contributed by atoms with Gasteiger partial charge in [0, 0.05) is 5.92 Å². The molecule has 0 radical (unpaired) electrons. The van der Waals surface area contributed by atoms with Crippen LogP contribution >= 0.6 is 27.3 Å². The quantitative estimate of drug-likeness (QED) is 0.771. The first kappa shape index (κ1) is 7.03. The van der Waals surface area contributed by atoms with Crippen LogP contribution in [0.4, 0.5) is 0 Å². The molecule has 5 heteroatoms. The van der Waals surface area contributed by atoms with Crippen molar-refractivity contribution >= 4 is 32.2 Å². The van der Waals surface area contributed by atoms with Crippen LogP contribution in [0.3, 0.4) is 0 Å². The summed E-state index contributed by atoms with van der Waals surface area (Å²) >= 11 is 4.90. The molecular formula is C7H6BrN3S.